The Bertz CT molecular complexity index is 1050. The van der Waals surface area contributed by atoms with Crippen LogP contribution in [0.2, 0.25) is 5.02 Å². The van der Waals surface area contributed by atoms with Crippen molar-refractivity contribution in [2.75, 3.05) is 11.9 Å². The quantitative estimate of drug-likeness (QED) is 0.693. The Morgan fingerprint density at radius 1 is 1.17 bits per heavy atom. The minimum atomic E-state index is -0.0243. The maximum Gasteiger partial charge on any atom is 0.258 e. The van der Waals surface area contributed by atoms with Gasteiger partial charge in [0.05, 0.1) is 29.0 Å². The van der Waals surface area contributed by atoms with Crippen LogP contribution in [0, 0.1) is 12.8 Å². The number of nitrogens with one attached hydrogen (secondary N) is 1. The summed E-state index contributed by atoms with van der Waals surface area (Å²) in [5.41, 5.74) is 1.46. The van der Waals surface area contributed by atoms with E-state index in [0.29, 0.717) is 22.3 Å². The van der Waals surface area contributed by atoms with Crippen molar-refractivity contribution in [3.8, 4) is 5.82 Å². The molecule has 0 spiro atoms. The number of aryl methyl sites for hydroxylation is 1. The molecular formula is C21H22ClN7O. The van der Waals surface area contributed by atoms with Gasteiger partial charge < -0.3 is 10.2 Å². The molecule has 5 heterocycles. The highest BCUT2D eigenvalue weighted by Gasteiger charge is 2.43. The minimum absolute atomic E-state index is 0.0243. The number of carbonyl (C=O) groups is 1. The second kappa shape index (κ2) is 7.68. The summed E-state index contributed by atoms with van der Waals surface area (Å²) >= 11 is 5.96. The summed E-state index contributed by atoms with van der Waals surface area (Å²) in [5, 5.41) is 12.5. The highest BCUT2D eigenvalue weighted by atomic mass is 35.5. The number of fused-ring (bicyclic) bond motifs is 3. The average Bonchev–Trinajstić information content (AvgIpc) is 3.30. The summed E-state index contributed by atoms with van der Waals surface area (Å²) in [6.45, 7) is 2.69. The summed E-state index contributed by atoms with van der Waals surface area (Å²) in [6.07, 6.45) is 9.66. The lowest BCUT2D eigenvalue weighted by Crippen LogP contribution is -2.60. The number of halogens is 1. The standard InChI is InChI=1S/C21H22ClN7O/c1-13-8-16(20(24-10-13)29-25-6-7-26-29)21(30)28-12-14-2-4-18(28)17(9-14)27-19-5-3-15(22)11-23-19/h3,5-8,10-11,14,17-18H,2,4,9,12H2,1H3,(H,23,27)/t14-,17-,18+/m1/s1. The number of aromatic nitrogens is 5. The Kier molecular flexibility index (Phi) is 4.86. The third kappa shape index (κ3) is 3.52. The maximum atomic E-state index is 13.7. The van der Waals surface area contributed by atoms with Crippen LogP contribution in [0.15, 0.2) is 43.0 Å². The summed E-state index contributed by atoms with van der Waals surface area (Å²) in [5.74, 6) is 1.68. The largest absolute Gasteiger partial charge is 0.365 e. The zero-order valence-electron chi connectivity index (χ0n) is 16.6. The predicted molar refractivity (Wildman–Crippen MR) is 113 cm³/mol. The fourth-order valence-electron chi connectivity index (χ4n) is 4.59. The monoisotopic (exact) mass is 423 g/mol. The van der Waals surface area contributed by atoms with Crippen molar-refractivity contribution in [3.63, 3.8) is 0 Å². The van der Waals surface area contributed by atoms with E-state index >= 15 is 0 Å². The van der Waals surface area contributed by atoms with Gasteiger partial charge in [0, 0.05) is 25.0 Å². The van der Waals surface area contributed by atoms with E-state index in [9.17, 15) is 4.79 Å². The van der Waals surface area contributed by atoms with Crippen molar-refractivity contribution in [1.82, 2.24) is 29.9 Å². The first-order valence-electron chi connectivity index (χ1n) is 10.1. The highest BCUT2D eigenvalue weighted by Crippen LogP contribution is 2.37. The average molecular weight is 424 g/mol. The van der Waals surface area contributed by atoms with Gasteiger partial charge >= 0.3 is 0 Å². The molecule has 2 saturated heterocycles. The van der Waals surface area contributed by atoms with Crippen molar-refractivity contribution in [3.05, 3.63) is 59.1 Å². The molecule has 3 aliphatic rings. The lowest BCUT2D eigenvalue weighted by molar-refractivity contribution is 0.0281. The number of piperidine rings is 2. The number of amides is 1. The summed E-state index contributed by atoms with van der Waals surface area (Å²) in [4.78, 5) is 25.9. The van der Waals surface area contributed by atoms with Crippen LogP contribution in [0.4, 0.5) is 5.82 Å². The molecule has 1 saturated carbocycles. The lowest BCUT2D eigenvalue weighted by Gasteiger charge is -2.50. The number of nitrogens with zero attached hydrogens (tertiary/aromatic N) is 6. The fraction of sp³-hybridized carbons (Fsp3) is 0.381. The summed E-state index contributed by atoms with van der Waals surface area (Å²) in [7, 11) is 0. The second-order valence-corrected chi connectivity index (χ2v) is 8.46. The molecule has 3 atom stereocenters. The number of carbonyl (C=O) groups excluding carboxylic acids is 1. The number of hydrogen-bond donors (Lipinski definition) is 1. The molecule has 2 bridgehead atoms. The van der Waals surface area contributed by atoms with Gasteiger partial charge in [-0.3, -0.25) is 4.79 Å². The van der Waals surface area contributed by atoms with E-state index in [4.69, 9.17) is 11.6 Å². The molecule has 30 heavy (non-hydrogen) atoms. The van der Waals surface area contributed by atoms with Gasteiger partial charge in [0.2, 0.25) is 0 Å². The highest BCUT2D eigenvalue weighted by molar-refractivity contribution is 6.30. The lowest BCUT2D eigenvalue weighted by atomic mass is 9.76. The molecule has 1 aliphatic carbocycles. The van der Waals surface area contributed by atoms with E-state index in [2.05, 4.69) is 25.5 Å². The Morgan fingerprint density at radius 3 is 2.73 bits per heavy atom. The van der Waals surface area contributed by atoms with E-state index < -0.39 is 0 Å². The number of pyridine rings is 2. The van der Waals surface area contributed by atoms with Gasteiger partial charge in [0.25, 0.3) is 5.91 Å². The Labute approximate surface area is 179 Å². The van der Waals surface area contributed by atoms with Gasteiger partial charge in [0.15, 0.2) is 5.82 Å². The molecule has 154 valence electrons. The minimum Gasteiger partial charge on any atom is -0.365 e. The van der Waals surface area contributed by atoms with Gasteiger partial charge in [-0.1, -0.05) is 11.6 Å². The number of hydrogen-bond acceptors (Lipinski definition) is 6. The van der Waals surface area contributed by atoms with Crippen LogP contribution in [-0.4, -0.2) is 54.4 Å². The van der Waals surface area contributed by atoms with Gasteiger partial charge in [-0.15, -0.1) is 4.80 Å². The van der Waals surface area contributed by atoms with Crippen molar-refractivity contribution in [1.29, 1.82) is 0 Å². The van der Waals surface area contributed by atoms with Crippen LogP contribution in [-0.2, 0) is 0 Å². The molecule has 0 unspecified atom stereocenters. The van der Waals surface area contributed by atoms with Crippen LogP contribution < -0.4 is 5.32 Å². The fourth-order valence-corrected chi connectivity index (χ4v) is 4.70. The third-order valence-corrected chi connectivity index (χ3v) is 6.16. The van der Waals surface area contributed by atoms with Crippen LogP contribution in [0.3, 0.4) is 0 Å². The van der Waals surface area contributed by atoms with Crippen molar-refractivity contribution >= 4 is 23.3 Å². The molecule has 1 N–H and O–H groups in total. The van der Waals surface area contributed by atoms with Crippen LogP contribution in [0.5, 0.6) is 0 Å². The van der Waals surface area contributed by atoms with Gasteiger partial charge in [-0.2, -0.15) is 10.2 Å². The first-order valence-corrected chi connectivity index (χ1v) is 10.5. The van der Waals surface area contributed by atoms with E-state index in [1.807, 2.05) is 30.0 Å². The normalized spacial score (nSPS) is 22.9. The first kappa shape index (κ1) is 19.0. The van der Waals surface area contributed by atoms with E-state index in [0.717, 1.165) is 37.2 Å². The smallest absolute Gasteiger partial charge is 0.258 e. The molecule has 8 nitrogen and oxygen atoms in total. The van der Waals surface area contributed by atoms with Gasteiger partial charge in [-0.25, -0.2) is 9.97 Å². The van der Waals surface area contributed by atoms with Crippen LogP contribution in [0.1, 0.15) is 35.2 Å². The van der Waals surface area contributed by atoms with E-state index in [-0.39, 0.29) is 18.0 Å². The molecule has 3 fully saturated rings. The summed E-state index contributed by atoms with van der Waals surface area (Å²) < 4.78 is 0. The zero-order valence-corrected chi connectivity index (χ0v) is 17.3. The molecule has 6 rings (SSSR count). The van der Waals surface area contributed by atoms with Crippen LogP contribution in [0.25, 0.3) is 5.82 Å². The van der Waals surface area contributed by atoms with Crippen molar-refractivity contribution in [2.45, 2.75) is 38.3 Å². The van der Waals surface area contributed by atoms with Crippen molar-refractivity contribution in [2.24, 2.45) is 5.92 Å². The molecule has 3 aromatic heterocycles. The number of rotatable bonds is 4. The molecule has 3 aromatic rings. The molecule has 0 aromatic carbocycles. The Hall–Kier alpha value is -3.00. The third-order valence-electron chi connectivity index (χ3n) is 5.94. The molecule has 1 amide bonds. The SMILES string of the molecule is Cc1cnc(-n2nccn2)c(C(=O)N2C[C@@H]3CC[C@H]2[C@H](Nc2ccc(Cl)cn2)C3)c1. The molecular weight excluding hydrogens is 402 g/mol. The first-order chi connectivity index (χ1) is 14.6. The molecule has 9 heteroatoms. The van der Waals surface area contributed by atoms with E-state index in [1.54, 1.807) is 24.8 Å². The van der Waals surface area contributed by atoms with E-state index in [1.165, 1.54) is 4.80 Å². The number of anilines is 1. The van der Waals surface area contributed by atoms with Crippen LogP contribution >= 0.6 is 11.6 Å². The molecule has 2 aliphatic heterocycles. The summed E-state index contributed by atoms with van der Waals surface area (Å²) in [6, 6.07) is 5.82. The van der Waals surface area contributed by atoms with Gasteiger partial charge in [0.1, 0.15) is 5.82 Å². The Morgan fingerprint density at radius 2 is 2.00 bits per heavy atom. The Balaban J connectivity index is 1.44. The van der Waals surface area contributed by atoms with Gasteiger partial charge in [-0.05, 0) is 55.9 Å². The topological polar surface area (TPSA) is 88.8 Å². The van der Waals surface area contributed by atoms with Crippen molar-refractivity contribution < 1.29 is 4.79 Å². The predicted octanol–water partition coefficient (Wildman–Crippen LogP) is 3.12. The second-order valence-electron chi connectivity index (χ2n) is 8.02. The maximum absolute atomic E-state index is 13.7. The zero-order chi connectivity index (χ0) is 20.7. The molecule has 0 radical (unpaired) electrons.